The minimum absolute atomic E-state index is 0.00210. The predicted octanol–water partition coefficient (Wildman–Crippen LogP) is 5.96. The molecule has 3 heterocycles. The van der Waals surface area contributed by atoms with Crippen LogP contribution in [0.25, 0.3) is 0 Å². The lowest BCUT2D eigenvalue weighted by Gasteiger charge is -2.44. The molecule has 0 aliphatic carbocycles. The molecule has 3 aliphatic heterocycles. The number of likely N-dealkylation sites (tertiary alicyclic amines) is 2. The second kappa shape index (κ2) is 15.5. The van der Waals surface area contributed by atoms with E-state index in [1.165, 1.54) is 0 Å². The molecule has 6 rings (SSSR count). The molecule has 0 radical (unpaired) electrons. The van der Waals surface area contributed by atoms with Gasteiger partial charge in [-0.3, -0.25) is 14.5 Å². The van der Waals surface area contributed by atoms with Crippen molar-refractivity contribution in [3.8, 4) is 0 Å². The number of carbonyl (C=O) groups excluding carboxylic acids is 2. The Bertz CT molecular complexity index is 1610. The molecule has 3 aromatic carbocycles. The number of hydrogen-bond acceptors (Lipinski definition) is 5. The van der Waals surface area contributed by atoms with Gasteiger partial charge in [0, 0.05) is 63.3 Å². The zero-order valence-electron chi connectivity index (χ0n) is 27.8. The number of hydrogen-bond donors (Lipinski definition) is 2. The number of aliphatic carboxylic acids is 1. The highest BCUT2D eigenvalue weighted by Crippen LogP contribution is 2.42. The topological polar surface area (TPSA) is 96.4 Å². The Morgan fingerprint density at radius 1 is 0.714 bits per heavy atom. The van der Waals surface area contributed by atoms with E-state index >= 15 is 0 Å². The average Bonchev–Trinajstić information content (AvgIpc) is 3.56. The molecular weight excluding hydrogens is 661 g/mol. The maximum atomic E-state index is 13.6. The standard InChI is InChI=1S/C38H45Cl2N5O4/c39-32-13-12-31(26-33(32)40)37(15-21-45(28-37)35(48)29-8-3-1-4-9-29)14-7-18-42-19-16-38(17-20-42,30-10-5-2-6-11-30)41-36(49)44-24-22-43(23-25-44)27-34(46)47/h1-6,8-13,26H,7,14-25,27-28H2,(H,41,49)(H,46,47). The molecule has 3 fully saturated rings. The highest BCUT2D eigenvalue weighted by Gasteiger charge is 2.42. The summed E-state index contributed by atoms with van der Waals surface area (Å²) in [4.78, 5) is 46.3. The minimum Gasteiger partial charge on any atom is -0.480 e. The fourth-order valence-electron chi connectivity index (χ4n) is 7.85. The van der Waals surface area contributed by atoms with Crippen LogP contribution >= 0.6 is 23.2 Å². The lowest BCUT2D eigenvalue weighted by molar-refractivity contribution is -0.138. The van der Waals surface area contributed by atoms with Gasteiger partial charge in [0.05, 0.1) is 22.1 Å². The molecule has 3 saturated heterocycles. The zero-order valence-corrected chi connectivity index (χ0v) is 29.3. The monoisotopic (exact) mass is 705 g/mol. The van der Waals surface area contributed by atoms with Crippen molar-refractivity contribution in [3.63, 3.8) is 0 Å². The van der Waals surface area contributed by atoms with Crippen LogP contribution in [0.1, 0.15) is 53.6 Å². The molecule has 0 bridgehead atoms. The average molecular weight is 707 g/mol. The van der Waals surface area contributed by atoms with Gasteiger partial charge in [0.15, 0.2) is 0 Å². The maximum absolute atomic E-state index is 13.6. The van der Waals surface area contributed by atoms with Gasteiger partial charge in [0.2, 0.25) is 0 Å². The number of carboxylic acids is 1. The van der Waals surface area contributed by atoms with Crippen molar-refractivity contribution in [3.05, 3.63) is 106 Å². The molecule has 3 aromatic rings. The summed E-state index contributed by atoms with van der Waals surface area (Å²) < 4.78 is 0. The number of carboxylic acid groups (broad SMARTS) is 1. The number of carbonyl (C=O) groups is 3. The summed E-state index contributed by atoms with van der Waals surface area (Å²) in [7, 11) is 0. The van der Waals surface area contributed by atoms with Gasteiger partial charge < -0.3 is 25.1 Å². The summed E-state index contributed by atoms with van der Waals surface area (Å²) in [5.74, 6) is -0.791. The summed E-state index contributed by atoms with van der Waals surface area (Å²) in [6.45, 7) is 6.04. The Morgan fingerprint density at radius 2 is 1.39 bits per heavy atom. The quantitative estimate of drug-likeness (QED) is 0.270. The predicted molar refractivity (Wildman–Crippen MR) is 192 cm³/mol. The van der Waals surface area contributed by atoms with Crippen LogP contribution in [-0.2, 0) is 15.7 Å². The molecule has 0 spiro atoms. The van der Waals surface area contributed by atoms with Gasteiger partial charge in [-0.1, -0.05) is 77.8 Å². The number of rotatable bonds is 10. The van der Waals surface area contributed by atoms with E-state index < -0.39 is 11.5 Å². The highest BCUT2D eigenvalue weighted by atomic mass is 35.5. The van der Waals surface area contributed by atoms with Gasteiger partial charge in [-0.05, 0) is 74.0 Å². The van der Waals surface area contributed by atoms with E-state index in [2.05, 4.69) is 28.4 Å². The number of nitrogens with one attached hydrogen (secondary N) is 1. The normalized spacial score (nSPS) is 21.4. The van der Waals surface area contributed by atoms with Gasteiger partial charge in [0.1, 0.15) is 0 Å². The Kier molecular flexibility index (Phi) is 11.1. The van der Waals surface area contributed by atoms with Crippen LogP contribution in [0.2, 0.25) is 10.0 Å². The van der Waals surface area contributed by atoms with Crippen LogP contribution in [-0.4, -0.2) is 108 Å². The number of piperazine rings is 1. The molecule has 0 aromatic heterocycles. The molecule has 1 unspecified atom stereocenters. The van der Waals surface area contributed by atoms with E-state index in [9.17, 15) is 14.4 Å². The lowest BCUT2D eigenvalue weighted by Crippen LogP contribution is -2.59. The second-order valence-corrected chi connectivity index (χ2v) is 14.5. The Balaban J connectivity index is 1.09. The van der Waals surface area contributed by atoms with Crippen molar-refractivity contribution in [1.29, 1.82) is 0 Å². The van der Waals surface area contributed by atoms with Crippen molar-refractivity contribution >= 4 is 41.1 Å². The Labute approximate surface area is 298 Å². The van der Waals surface area contributed by atoms with E-state index in [1.54, 1.807) is 0 Å². The smallest absolute Gasteiger partial charge is 0.318 e. The van der Waals surface area contributed by atoms with Crippen LogP contribution in [0.3, 0.4) is 0 Å². The minimum atomic E-state index is -0.847. The van der Waals surface area contributed by atoms with Gasteiger partial charge in [-0.25, -0.2) is 4.79 Å². The van der Waals surface area contributed by atoms with Crippen molar-refractivity contribution in [2.75, 3.05) is 65.4 Å². The maximum Gasteiger partial charge on any atom is 0.318 e. The van der Waals surface area contributed by atoms with Crippen molar-refractivity contribution in [2.24, 2.45) is 0 Å². The van der Waals surface area contributed by atoms with Gasteiger partial charge in [-0.2, -0.15) is 0 Å². The summed E-state index contributed by atoms with van der Waals surface area (Å²) in [5, 5.41) is 13.6. The van der Waals surface area contributed by atoms with E-state index in [0.29, 0.717) is 54.9 Å². The molecule has 49 heavy (non-hydrogen) atoms. The first-order valence-electron chi connectivity index (χ1n) is 17.3. The van der Waals surface area contributed by atoms with Crippen molar-refractivity contribution in [2.45, 2.75) is 43.1 Å². The van der Waals surface area contributed by atoms with Crippen LogP contribution < -0.4 is 5.32 Å². The molecule has 11 heteroatoms. The first-order chi connectivity index (χ1) is 23.7. The molecule has 1 atom stereocenters. The number of urea groups is 1. The Morgan fingerprint density at radius 3 is 2.04 bits per heavy atom. The van der Waals surface area contributed by atoms with E-state index in [0.717, 1.165) is 62.9 Å². The molecular formula is C38H45Cl2N5O4. The number of piperidine rings is 1. The van der Waals surface area contributed by atoms with Crippen molar-refractivity contribution < 1.29 is 19.5 Å². The number of amides is 3. The molecule has 260 valence electrons. The summed E-state index contributed by atoms with van der Waals surface area (Å²) in [6, 6.07) is 25.5. The molecule has 3 amide bonds. The fraction of sp³-hybridized carbons (Fsp3) is 0.447. The molecule has 0 saturated carbocycles. The summed E-state index contributed by atoms with van der Waals surface area (Å²) >= 11 is 12.8. The Hall–Kier alpha value is -3.63. The summed E-state index contributed by atoms with van der Waals surface area (Å²) in [5.41, 5.74) is 2.25. The third-order valence-electron chi connectivity index (χ3n) is 10.7. The van der Waals surface area contributed by atoms with Crippen LogP contribution in [0.15, 0.2) is 78.9 Å². The lowest BCUT2D eigenvalue weighted by atomic mass is 9.75. The van der Waals surface area contributed by atoms with Gasteiger partial charge >= 0.3 is 12.0 Å². The summed E-state index contributed by atoms with van der Waals surface area (Å²) in [6.07, 6.45) is 4.31. The largest absolute Gasteiger partial charge is 0.480 e. The van der Waals surface area contributed by atoms with E-state index in [4.69, 9.17) is 28.3 Å². The SMILES string of the molecule is O=C(O)CN1CCN(C(=O)NC2(c3ccccc3)CCN(CCCC3(c4ccc(Cl)c(Cl)c4)CCN(C(=O)c4ccccc4)C3)CC2)CC1. The molecule has 9 nitrogen and oxygen atoms in total. The third kappa shape index (κ3) is 8.23. The first-order valence-corrected chi connectivity index (χ1v) is 18.0. The number of halogens is 2. The number of benzene rings is 3. The van der Waals surface area contributed by atoms with Gasteiger partial charge in [0.25, 0.3) is 5.91 Å². The van der Waals surface area contributed by atoms with Crippen LogP contribution in [0.5, 0.6) is 0 Å². The van der Waals surface area contributed by atoms with E-state index in [1.807, 2.05) is 75.4 Å². The third-order valence-corrected chi connectivity index (χ3v) is 11.5. The van der Waals surface area contributed by atoms with Crippen LogP contribution in [0.4, 0.5) is 4.79 Å². The second-order valence-electron chi connectivity index (χ2n) is 13.7. The first kappa shape index (κ1) is 35.2. The van der Waals surface area contributed by atoms with Crippen LogP contribution in [0, 0.1) is 0 Å². The zero-order chi connectivity index (χ0) is 34.4. The molecule has 2 N–H and O–H groups in total. The van der Waals surface area contributed by atoms with Crippen molar-refractivity contribution in [1.82, 2.24) is 24.9 Å². The van der Waals surface area contributed by atoms with E-state index in [-0.39, 0.29) is 23.9 Å². The van der Waals surface area contributed by atoms with Gasteiger partial charge in [-0.15, -0.1) is 0 Å². The fourth-order valence-corrected chi connectivity index (χ4v) is 8.14. The number of nitrogens with zero attached hydrogens (tertiary/aromatic N) is 4. The molecule has 3 aliphatic rings. The highest BCUT2D eigenvalue weighted by molar-refractivity contribution is 6.42.